The third-order valence-electron chi connectivity index (χ3n) is 3.50. The van der Waals surface area contributed by atoms with Crippen LogP contribution in [0.5, 0.6) is 0 Å². The Bertz CT molecular complexity index is 411. The molecule has 0 amide bonds. The van der Waals surface area contributed by atoms with Crippen molar-refractivity contribution in [3.05, 3.63) is 5.01 Å². The number of aromatic nitrogens is 2. The molecule has 0 spiro atoms. The lowest BCUT2D eigenvalue weighted by Crippen LogP contribution is -2.20. The van der Waals surface area contributed by atoms with Gasteiger partial charge in [-0.1, -0.05) is 32.1 Å². The Morgan fingerprint density at radius 3 is 2.71 bits per heavy atom. The van der Waals surface area contributed by atoms with Crippen LogP contribution in [-0.4, -0.2) is 43.2 Å². The van der Waals surface area contributed by atoms with E-state index in [1.807, 2.05) is 0 Å². The van der Waals surface area contributed by atoms with Crippen LogP contribution >= 0.6 is 11.3 Å². The zero-order chi connectivity index (χ0) is 15.1. The highest BCUT2D eigenvalue weighted by atomic mass is 32.1. The molecule has 1 aromatic heterocycles. The van der Waals surface area contributed by atoms with Gasteiger partial charge in [0.05, 0.1) is 0 Å². The molecule has 1 saturated heterocycles. The van der Waals surface area contributed by atoms with E-state index in [1.165, 1.54) is 0 Å². The summed E-state index contributed by atoms with van der Waals surface area (Å²) in [5.74, 6) is 0.684. The lowest BCUT2D eigenvalue weighted by atomic mass is 9.98. The van der Waals surface area contributed by atoms with Crippen molar-refractivity contribution in [2.75, 3.05) is 38.3 Å². The molecule has 0 saturated carbocycles. The molecular formula is C15H27N3O2S. The summed E-state index contributed by atoms with van der Waals surface area (Å²) >= 11 is 1.64. The van der Waals surface area contributed by atoms with Crippen LogP contribution in [0.15, 0.2) is 0 Å². The van der Waals surface area contributed by atoms with Gasteiger partial charge in [-0.25, -0.2) is 0 Å². The second-order valence-electron chi connectivity index (χ2n) is 6.57. The van der Waals surface area contributed by atoms with Crippen LogP contribution in [0.25, 0.3) is 0 Å². The van der Waals surface area contributed by atoms with Crippen LogP contribution in [0.2, 0.25) is 0 Å². The van der Waals surface area contributed by atoms with Crippen molar-refractivity contribution in [3.63, 3.8) is 0 Å². The summed E-state index contributed by atoms with van der Waals surface area (Å²) in [5.41, 5.74) is 0.0738. The quantitative estimate of drug-likeness (QED) is 0.784. The molecule has 0 unspecified atom stereocenters. The Morgan fingerprint density at radius 2 is 2.05 bits per heavy atom. The third-order valence-corrected chi connectivity index (χ3v) is 4.81. The Labute approximate surface area is 131 Å². The molecule has 1 N–H and O–H groups in total. The lowest BCUT2D eigenvalue weighted by Gasteiger charge is -2.21. The largest absolute Gasteiger partial charge is 0.381 e. The molecule has 1 fully saturated rings. The number of anilines is 1. The molecule has 0 aromatic carbocycles. The van der Waals surface area contributed by atoms with Crippen LogP contribution in [-0.2, 0) is 14.9 Å². The predicted octanol–water partition coefficient (Wildman–Crippen LogP) is 3.08. The van der Waals surface area contributed by atoms with Crippen molar-refractivity contribution in [1.29, 1.82) is 0 Å². The minimum absolute atomic E-state index is 0.0738. The topological polar surface area (TPSA) is 56.3 Å². The normalized spacial score (nSPS) is 17.1. The van der Waals surface area contributed by atoms with Crippen molar-refractivity contribution in [3.8, 4) is 0 Å². The molecule has 6 heteroatoms. The van der Waals surface area contributed by atoms with E-state index in [0.717, 1.165) is 62.4 Å². The van der Waals surface area contributed by atoms with Gasteiger partial charge in [0.1, 0.15) is 5.01 Å². The monoisotopic (exact) mass is 313 g/mol. The molecule has 21 heavy (non-hydrogen) atoms. The number of rotatable bonds is 7. The van der Waals surface area contributed by atoms with Gasteiger partial charge >= 0.3 is 0 Å². The van der Waals surface area contributed by atoms with E-state index in [1.54, 1.807) is 11.3 Å². The highest BCUT2D eigenvalue weighted by Crippen LogP contribution is 2.27. The van der Waals surface area contributed by atoms with Gasteiger partial charge in [0.15, 0.2) is 0 Å². The number of hydrogen-bond acceptors (Lipinski definition) is 6. The highest BCUT2D eigenvalue weighted by Gasteiger charge is 2.19. The average Bonchev–Trinajstić information content (AvgIpc) is 2.93. The Balaban J connectivity index is 1.54. The van der Waals surface area contributed by atoms with E-state index in [0.29, 0.717) is 5.92 Å². The fourth-order valence-electron chi connectivity index (χ4n) is 2.13. The minimum atomic E-state index is 0.0738. The zero-order valence-electron chi connectivity index (χ0n) is 13.4. The third kappa shape index (κ3) is 5.88. The smallest absolute Gasteiger partial charge is 0.205 e. The Hall–Kier alpha value is -0.720. The summed E-state index contributed by atoms with van der Waals surface area (Å²) < 4.78 is 11.1. The molecule has 0 aliphatic carbocycles. The molecule has 5 nitrogen and oxygen atoms in total. The highest BCUT2D eigenvalue weighted by molar-refractivity contribution is 7.15. The maximum atomic E-state index is 5.74. The van der Waals surface area contributed by atoms with Gasteiger partial charge in [0, 0.05) is 38.4 Å². The molecule has 1 aliphatic rings. The molecule has 0 radical (unpaired) electrons. The van der Waals surface area contributed by atoms with Gasteiger partial charge in [-0.2, -0.15) is 0 Å². The van der Waals surface area contributed by atoms with Crippen molar-refractivity contribution < 1.29 is 9.47 Å². The van der Waals surface area contributed by atoms with E-state index >= 15 is 0 Å². The van der Waals surface area contributed by atoms with Crippen LogP contribution < -0.4 is 5.32 Å². The van der Waals surface area contributed by atoms with Crippen LogP contribution in [0.1, 0.15) is 45.0 Å². The molecule has 1 aromatic rings. The fraction of sp³-hybridized carbons (Fsp3) is 0.867. The maximum absolute atomic E-state index is 5.74. The summed E-state index contributed by atoms with van der Waals surface area (Å²) in [7, 11) is 0. The molecule has 0 bridgehead atoms. The second-order valence-corrected chi connectivity index (χ2v) is 7.55. The van der Waals surface area contributed by atoms with Crippen molar-refractivity contribution in [1.82, 2.24) is 10.2 Å². The Morgan fingerprint density at radius 1 is 1.29 bits per heavy atom. The molecule has 2 heterocycles. The van der Waals surface area contributed by atoms with Gasteiger partial charge in [0.2, 0.25) is 5.13 Å². The van der Waals surface area contributed by atoms with Crippen molar-refractivity contribution >= 4 is 16.5 Å². The first-order chi connectivity index (χ1) is 10.1. The number of ether oxygens (including phenoxy) is 2. The van der Waals surface area contributed by atoms with Gasteiger partial charge < -0.3 is 14.8 Å². The summed E-state index contributed by atoms with van der Waals surface area (Å²) in [6.45, 7) is 10.8. The number of hydrogen-bond donors (Lipinski definition) is 1. The SMILES string of the molecule is CC(C)(C)c1nnc(NCCCOCC2CCOCC2)s1. The van der Waals surface area contributed by atoms with E-state index in [9.17, 15) is 0 Å². The van der Waals surface area contributed by atoms with Gasteiger partial charge in [-0.15, -0.1) is 10.2 Å². The fourth-order valence-corrected chi connectivity index (χ4v) is 2.96. The number of nitrogens with zero attached hydrogens (tertiary/aromatic N) is 2. The van der Waals surface area contributed by atoms with Crippen molar-refractivity contribution in [2.45, 2.75) is 45.4 Å². The van der Waals surface area contributed by atoms with E-state index in [2.05, 4.69) is 36.3 Å². The molecular weight excluding hydrogens is 286 g/mol. The van der Waals surface area contributed by atoms with E-state index in [-0.39, 0.29) is 5.41 Å². The summed E-state index contributed by atoms with van der Waals surface area (Å²) in [6, 6.07) is 0. The van der Waals surface area contributed by atoms with Gasteiger partial charge in [0.25, 0.3) is 0 Å². The number of nitrogens with one attached hydrogen (secondary N) is 1. The van der Waals surface area contributed by atoms with Gasteiger partial charge in [-0.05, 0) is 25.2 Å². The van der Waals surface area contributed by atoms with Gasteiger partial charge in [-0.3, -0.25) is 0 Å². The van der Waals surface area contributed by atoms with E-state index in [4.69, 9.17) is 9.47 Å². The van der Waals surface area contributed by atoms with Crippen LogP contribution in [0, 0.1) is 5.92 Å². The molecule has 120 valence electrons. The minimum Gasteiger partial charge on any atom is -0.381 e. The summed E-state index contributed by atoms with van der Waals surface area (Å²) in [4.78, 5) is 0. The predicted molar refractivity (Wildman–Crippen MR) is 86.1 cm³/mol. The van der Waals surface area contributed by atoms with Crippen molar-refractivity contribution in [2.24, 2.45) is 5.92 Å². The maximum Gasteiger partial charge on any atom is 0.205 e. The molecule has 0 atom stereocenters. The first-order valence-electron chi connectivity index (χ1n) is 7.79. The first-order valence-corrected chi connectivity index (χ1v) is 8.60. The average molecular weight is 313 g/mol. The lowest BCUT2D eigenvalue weighted by molar-refractivity contribution is 0.0206. The summed E-state index contributed by atoms with van der Waals surface area (Å²) in [6.07, 6.45) is 3.27. The first kappa shape index (κ1) is 16.6. The second kappa shape index (κ2) is 8.06. The standard InChI is InChI=1S/C15H27N3O2S/c1-15(2,3)13-17-18-14(21-13)16-7-4-8-20-11-12-5-9-19-10-6-12/h12H,4-11H2,1-3H3,(H,16,18). The summed E-state index contributed by atoms with van der Waals surface area (Å²) in [5, 5.41) is 13.7. The van der Waals surface area contributed by atoms with E-state index < -0.39 is 0 Å². The Kier molecular flexibility index (Phi) is 6.39. The van der Waals surface area contributed by atoms with Crippen LogP contribution in [0.3, 0.4) is 0 Å². The molecule has 2 rings (SSSR count). The van der Waals surface area contributed by atoms with Crippen LogP contribution in [0.4, 0.5) is 5.13 Å². The zero-order valence-corrected chi connectivity index (χ0v) is 14.2. The molecule has 1 aliphatic heterocycles.